The lowest BCUT2D eigenvalue weighted by molar-refractivity contribution is 0.102. The van der Waals surface area contributed by atoms with Crippen molar-refractivity contribution in [3.63, 3.8) is 0 Å². The van der Waals surface area contributed by atoms with Gasteiger partial charge in [0.05, 0.1) is 6.04 Å². The highest BCUT2D eigenvalue weighted by Crippen LogP contribution is 2.22. The van der Waals surface area contributed by atoms with Gasteiger partial charge in [-0.25, -0.2) is 9.37 Å². The number of amides is 1. The van der Waals surface area contributed by atoms with Crippen molar-refractivity contribution >= 4 is 11.6 Å². The predicted octanol–water partition coefficient (Wildman–Crippen LogP) is 2.49. The molecule has 1 aromatic heterocycles. The summed E-state index contributed by atoms with van der Waals surface area (Å²) in [6.45, 7) is 0.935. The number of anilines is 1. The second-order valence-corrected chi connectivity index (χ2v) is 4.68. The molecule has 1 atom stereocenters. The second kappa shape index (κ2) is 5.42. The van der Waals surface area contributed by atoms with Crippen molar-refractivity contribution in [2.24, 2.45) is 0 Å². The van der Waals surface area contributed by atoms with Crippen LogP contribution in [-0.2, 0) is 0 Å². The Morgan fingerprint density at radius 1 is 1.40 bits per heavy atom. The Hall–Kier alpha value is -2.21. The molecule has 104 valence electrons. The van der Waals surface area contributed by atoms with E-state index in [-0.39, 0.29) is 23.5 Å². The molecule has 1 fully saturated rings. The van der Waals surface area contributed by atoms with Crippen LogP contribution in [-0.4, -0.2) is 17.4 Å². The Kier molecular flexibility index (Phi) is 3.47. The number of hydrogen-bond acceptors (Lipinski definition) is 4. The maximum absolute atomic E-state index is 12.8. The fourth-order valence-electron chi connectivity index (χ4n) is 2.18. The molecule has 6 heteroatoms. The van der Waals surface area contributed by atoms with Crippen LogP contribution in [0.4, 0.5) is 10.1 Å². The first kappa shape index (κ1) is 12.8. The van der Waals surface area contributed by atoms with Crippen molar-refractivity contribution < 1.29 is 13.6 Å². The van der Waals surface area contributed by atoms with Gasteiger partial charge in [0.1, 0.15) is 12.1 Å². The molecule has 1 saturated heterocycles. The fraction of sp³-hybridized carbons (Fsp3) is 0.286. The first-order valence-electron chi connectivity index (χ1n) is 6.48. The maximum atomic E-state index is 12.8. The molecule has 5 nitrogen and oxygen atoms in total. The van der Waals surface area contributed by atoms with E-state index in [2.05, 4.69) is 15.6 Å². The number of hydrogen-bond donors (Lipinski definition) is 2. The molecule has 0 bridgehead atoms. The highest BCUT2D eigenvalue weighted by atomic mass is 19.1. The molecule has 0 saturated carbocycles. The van der Waals surface area contributed by atoms with Crippen LogP contribution >= 0.6 is 0 Å². The minimum Gasteiger partial charge on any atom is -0.446 e. The Balaban J connectivity index is 1.69. The molecule has 1 amide bonds. The van der Waals surface area contributed by atoms with Crippen LogP contribution < -0.4 is 10.6 Å². The third kappa shape index (κ3) is 2.70. The minimum atomic E-state index is -0.371. The van der Waals surface area contributed by atoms with Crippen molar-refractivity contribution in [2.45, 2.75) is 18.9 Å². The zero-order valence-corrected chi connectivity index (χ0v) is 10.7. The summed E-state index contributed by atoms with van der Waals surface area (Å²) in [6, 6.07) is 5.64. The molecule has 0 aliphatic carbocycles. The third-order valence-electron chi connectivity index (χ3n) is 3.22. The molecular formula is C14H14FN3O2. The molecule has 2 aromatic rings. The molecule has 3 rings (SSSR count). The van der Waals surface area contributed by atoms with Crippen LogP contribution in [0.5, 0.6) is 0 Å². The highest BCUT2D eigenvalue weighted by Gasteiger charge is 2.22. The number of nitrogens with one attached hydrogen (secondary N) is 2. The smallest absolute Gasteiger partial charge is 0.277 e. The predicted molar refractivity (Wildman–Crippen MR) is 70.8 cm³/mol. The van der Waals surface area contributed by atoms with Crippen molar-refractivity contribution in [3.05, 3.63) is 47.9 Å². The summed E-state index contributed by atoms with van der Waals surface area (Å²) in [5.74, 6) is -0.185. The number of benzene rings is 1. The first-order chi connectivity index (χ1) is 9.72. The van der Waals surface area contributed by atoms with Crippen molar-refractivity contribution in [2.75, 3.05) is 11.9 Å². The molecule has 0 spiro atoms. The molecule has 2 N–H and O–H groups in total. The number of halogens is 1. The van der Waals surface area contributed by atoms with E-state index < -0.39 is 0 Å². The highest BCUT2D eigenvalue weighted by molar-refractivity contribution is 6.02. The molecule has 1 aliphatic heterocycles. The number of rotatable bonds is 3. The normalized spacial score (nSPS) is 18.1. The van der Waals surface area contributed by atoms with Crippen LogP contribution in [0.15, 0.2) is 34.9 Å². The topological polar surface area (TPSA) is 67.2 Å². The summed E-state index contributed by atoms with van der Waals surface area (Å²) in [4.78, 5) is 16.2. The lowest BCUT2D eigenvalue weighted by atomic mass is 10.2. The van der Waals surface area contributed by atoms with Crippen LogP contribution in [0, 0.1) is 5.82 Å². The summed E-state index contributed by atoms with van der Waals surface area (Å²) in [5.41, 5.74) is 0.734. The Labute approximate surface area is 115 Å². The summed E-state index contributed by atoms with van der Waals surface area (Å²) < 4.78 is 18.1. The van der Waals surface area contributed by atoms with E-state index in [1.807, 2.05) is 0 Å². The summed E-state index contributed by atoms with van der Waals surface area (Å²) in [7, 11) is 0. The number of carbonyl (C=O) groups is 1. The first-order valence-corrected chi connectivity index (χ1v) is 6.48. The summed E-state index contributed by atoms with van der Waals surface area (Å²) >= 11 is 0. The quantitative estimate of drug-likeness (QED) is 0.903. The minimum absolute atomic E-state index is 0.0855. The van der Waals surface area contributed by atoms with Crippen molar-refractivity contribution in [1.29, 1.82) is 0 Å². The third-order valence-corrected chi connectivity index (χ3v) is 3.22. The van der Waals surface area contributed by atoms with Gasteiger partial charge in [-0.2, -0.15) is 0 Å². The standard InChI is InChI=1S/C14H14FN3O2/c15-9-3-5-10(6-4-9)17-13(19)12-8-20-14(18-12)11-2-1-7-16-11/h3-6,8,11,16H,1-2,7H2,(H,17,19). The molecule has 1 aromatic carbocycles. The van der Waals surface area contributed by atoms with E-state index in [1.165, 1.54) is 30.5 Å². The van der Waals surface area contributed by atoms with E-state index in [1.54, 1.807) is 0 Å². The van der Waals surface area contributed by atoms with Crippen LogP contribution in [0.3, 0.4) is 0 Å². The van der Waals surface area contributed by atoms with Crippen molar-refractivity contribution in [3.8, 4) is 0 Å². The second-order valence-electron chi connectivity index (χ2n) is 4.68. The van der Waals surface area contributed by atoms with E-state index in [4.69, 9.17) is 4.42 Å². The largest absolute Gasteiger partial charge is 0.446 e. The van der Waals surface area contributed by atoms with Gasteiger partial charge in [0, 0.05) is 5.69 Å². The Bertz CT molecular complexity index is 603. The number of aromatic nitrogens is 1. The van der Waals surface area contributed by atoms with Gasteiger partial charge in [-0.3, -0.25) is 4.79 Å². The van der Waals surface area contributed by atoms with Gasteiger partial charge >= 0.3 is 0 Å². The van der Waals surface area contributed by atoms with Gasteiger partial charge in [0.2, 0.25) is 5.89 Å². The van der Waals surface area contributed by atoms with Gasteiger partial charge < -0.3 is 15.1 Å². The molecule has 20 heavy (non-hydrogen) atoms. The van der Waals surface area contributed by atoms with E-state index in [9.17, 15) is 9.18 Å². The Morgan fingerprint density at radius 3 is 2.90 bits per heavy atom. The van der Waals surface area contributed by atoms with Gasteiger partial charge in [-0.1, -0.05) is 0 Å². The molecule has 1 unspecified atom stereocenters. The lowest BCUT2D eigenvalue weighted by Gasteiger charge is -2.03. The molecule has 1 aliphatic rings. The summed E-state index contributed by atoms with van der Waals surface area (Å²) in [5, 5.41) is 5.89. The van der Waals surface area contributed by atoms with E-state index in [0.29, 0.717) is 11.6 Å². The Morgan fingerprint density at radius 2 is 2.20 bits per heavy atom. The lowest BCUT2D eigenvalue weighted by Crippen LogP contribution is -2.15. The van der Waals surface area contributed by atoms with Gasteiger partial charge in [0.15, 0.2) is 5.69 Å². The van der Waals surface area contributed by atoms with E-state index in [0.717, 1.165) is 19.4 Å². The molecule has 0 radical (unpaired) electrons. The van der Waals surface area contributed by atoms with E-state index >= 15 is 0 Å². The monoisotopic (exact) mass is 275 g/mol. The number of carbonyl (C=O) groups excluding carboxylic acids is 1. The fourth-order valence-corrected chi connectivity index (χ4v) is 2.18. The number of oxazole rings is 1. The molecular weight excluding hydrogens is 261 g/mol. The maximum Gasteiger partial charge on any atom is 0.277 e. The average molecular weight is 275 g/mol. The average Bonchev–Trinajstić information content (AvgIpc) is 3.11. The van der Waals surface area contributed by atoms with Gasteiger partial charge in [-0.05, 0) is 43.7 Å². The SMILES string of the molecule is O=C(Nc1ccc(F)cc1)c1coc(C2CCCN2)n1. The zero-order valence-electron chi connectivity index (χ0n) is 10.7. The van der Waals surface area contributed by atoms with Gasteiger partial charge in [-0.15, -0.1) is 0 Å². The van der Waals surface area contributed by atoms with Crippen molar-refractivity contribution in [1.82, 2.24) is 10.3 Å². The van der Waals surface area contributed by atoms with Crippen LogP contribution in [0.2, 0.25) is 0 Å². The summed E-state index contributed by atoms with van der Waals surface area (Å²) in [6.07, 6.45) is 3.37. The van der Waals surface area contributed by atoms with Crippen LogP contribution in [0.1, 0.15) is 35.3 Å². The van der Waals surface area contributed by atoms with Gasteiger partial charge in [0.25, 0.3) is 5.91 Å². The number of nitrogens with zero attached hydrogens (tertiary/aromatic N) is 1. The van der Waals surface area contributed by atoms with Crippen LogP contribution in [0.25, 0.3) is 0 Å². The zero-order chi connectivity index (χ0) is 13.9. The molecule has 2 heterocycles.